The van der Waals surface area contributed by atoms with Crippen LogP contribution in [0.3, 0.4) is 0 Å². The van der Waals surface area contributed by atoms with Gasteiger partial charge in [-0.15, -0.1) is 0 Å². The maximum atomic E-state index is 13.7. The van der Waals surface area contributed by atoms with Gasteiger partial charge in [-0.3, -0.25) is 14.6 Å². The summed E-state index contributed by atoms with van der Waals surface area (Å²) in [5.41, 5.74) is 1.67. The summed E-state index contributed by atoms with van der Waals surface area (Å²) in [7, 11) is 1.53. The van der Waals surface area contributed by atoms with Gasteiger partial charge >= 0.3 is 11.9 Å². The monoisotopic (exact) mass is 520 g/mol. The third kappa shape index (κ3) is 7.89. The van der Waals surface area contributed by atoms with Crippen molar-refractivity contribution >= 4 is 17.8 Å². The zero-order chi connectivity index (χ0) is 27.3. The molecule has 3 aromatic carbocycles. The number of benzene rings is 3. The van der Waals surface area contributed by atoms with Crippen molar-refractivity contribution in [1.82, 2.24) is 5.01 Å². The summed E-state index contributed by atoms with van der Waals surface area (Å²) < 4.78 is 21.3. The average molecular weight is 521 g/mol. The van der Waals surface area contributed by atoms with Crippen LogP contribution < -0.4 is 10.6 Å². The summed E-state index contributed by atoms with van der Waals surface area (Å²) in [4.78, 5) is 38.8. The highest BCUT2D eigenvalue weighted by Gasteiger charge is 2.29. The molecular weight excluding hydrogens is 488 g/mol. The molecule has 0 heterocycles. The van der Waals surface area contributed by atoms with Crippen molar-refractivity contribution < 1.29 is 33.3 Å². The van der Waals surface area contributed by atoms with Gasteiger partial charge in [0.05, 0.1) is 36.8 Å². The van der Waals surface area contributed by atoms with Crippen molar-refractivity contribution in [1.29, 1.82) is 0 Å². The molecule has 1 atom stereocenters. The minimum absolute atomic E-state index is 0.0440. The molecule has 0 saturated heterocycles. The largest absolute Gasteiger partial charge is 0.490 e. The molecule has 0 bridgehead atoms. The van der Waals surface area contributed by atoms with Gasteiger partial charge in [0.2, 0.25) is 0 Å². The van der Waals surface area contributed by atoms with E-state index in [0.29, 0.717) is 5.56 Å². The smallest absolute Gasteiger partial charge is 0.338 e. The standard InChI is InChI=1S/C29H32N2O7/c1-3-36-27(32)19-25(22-12-8-5-9-13-22)31(30)28(33)24-18-23(14-15-26(24)37-17-16-35-2)29(34)38-20-21-10-6-4-7-11-21/h4-15,18,25H,3,16-17,19-20,30H2,1-2H3. The topological polar surface area (TPSA) is 117 Å². The summed E-state index contributed by atoms with van der Waals surface area (Å²) in [5, 5.41) is 0.962. The summed E-state index contributed by atoms with van der Waals surface area (Å²) in [6, 6.07) is 21.8. The van der Waals surface area contributed by atoms with Crippen LogP contribution in [0, 0.1) is 0 Å². The van der Waals surface area contributed by atoms with Crippen molar-refractivity contribution in [2.45, 2.75) is 26.0 Å². The van der Waals surface area contributed by atoms with Gasteiger partial charge in [0, 0.05) is 7.11 Å². The van der Waals surface area contributed by atoms with Gasteiger partial charge in [-0.2, -0.15) is 0 Å². The summed E-state index contributed by atoms with van der Waals surface area (Å²) >= 11 is 0. The fraction of sp³-hybridized carbons (Fsp3) is 0.276. The Hall–Kier alpha value is -4.21. The molecule has 1 unspecified atom stereocenters. The molecular formula is C29H32N2O7. The number of hydrazine groups is 1. The number of nitrogens with zero attached hydrogens (tertiary/aromatic N) is 1. The lowest BCUT2D eigenvalue weighted by Crippen LogP contribution is -2.42. The van der Waals surface area contributed by atoms with E-state index in [4.69, 9.17) is 24.8 Å². The number of carbonyl (C=O) groups is 3. The molecule has 38 heavy (non-hydrogen) atoms. The van der Waals surface area contributed by atoms with Gasteiger partial charge in [-0.05, 0) is 36.2 Å². The molecule has 0 saturated carbocycles. The quantitative estimate of drug-likeness (QED) is 0.118. The number of ether oxygens (including phenoxy) is 4. The fourth-order valence-corrected chi connectivity index (χ4v) is 3.70. The van der Waals surface area contributed by atoms with Crippen LogP contribution in [0.15, 0.2) is 78.9 Å². The first kappa shape index (κ1) is 28.4. The molecule has 0 aromatic heterocycles. The lowest BCUT2D eigenvalue weighted by atomic mass is 10.0. The summed E-state index contributed by atoms with van der Waals surface area (Å²) in [5.74, 6) is 4.79. The number of nitrogens with two attached hydrogens (primary N) is 1. The van der Waals surface area contributed by atoms with Gasteiger partial charge in [0.15, 0.2) is 0 Å². The Morgan fingerprint density at radius 3 is 2.24 bits per heavy atom. The van der Waals surface area contributed by atoms with E-state index in [1.54, 1.807) is 31.2 Å². The number of amides is 1. The number of carbonyl (C=O) groups excluding carboxylic acids is 3. The Morgan fingerprint density at radius 1 is 0.895 bits per heavy atom. The van der Waals surface area contributed by atoms with Gasteiger partial charge < -0.3 is 18.9 Å². The minimum atomic E-state index is -0.816. The summed E-state index contributed by atoms with van der Waals surface area (Å²) in [6.07, 6.45) is -0.154. The molecule has 0 fully saturated rings. The van der Waals surface area contributed by atoms with Crippen molar-refractivity contribution in [3.8, 4) is 5.75 Å². The fourth-order valence-electron chi connectivity index (χ4n) is 3.70. The highest BCUT2D eigenvalue weighted by atomic mass is 16.5. The lowest BCUT2D eigenvalue weighted by molar-refractivity contribution is -0.144. The number of methoxy groups -OCH3 is 1. The zero-order valence-corrected chi connectivity index (χ0v) is 21.5. The Balaban J connectivity index is 1.90. The molecule has 2 N–H and O–H groups in total. The molecule has 0 radical (unpaired) electrons. The van der Waals surface area contributed by atoms with E-state index in [-0.39, 0.29) is 49.7 Å². The van der Waals surface area contributed by atoms with E-state index < -0.39 is 23.9 Å². The van der Waals surface area contributed by atoms with Crippen molar-refractivity contribution in [2.24, 2.45) is 5.84 Å². The van der Waals surface area contributed by atoms with Crippen LogP contribution in [-0.2, 0) is 25.6 Å². The van der Waals surface area contributed by atoms with Crippen LogP contribution in [-0.4, -0.2) is 49.8 Å². The van der Waals surface area contributed by atoms with E-state index in [9.17, 15) is 14.4 Å². The van der Waals surface area contributed by atoms with Gasteiger partial charge in [0.1, 0.15) is 19.0 Å². The van der Waals surface area contributed by atoms with Gasteiger partial charge in [-0.1, -0.05) is 60.7 Å². The SMILES string of the molecule is CCOC(=O)CC(c1ccccc1)N(N)C(=O)c1cc(C(=O)OCc2ccccc2)ccc1OCCOC. The van der Waals surface area contributed by atoms with Crippen LogP contribution in [0.25, 0.3) is 0 Å². The molecule has 0 aliphatic rings. The lowest BCUT2D eigenvalue weighted by Gasteiger charge is -2.28. The third-order valence-corrected chi connectivity index (χ3v) is 5.62. The van der Waals surface area contributed by atoms with Crippen LogP contribution in [0.5, 0.6) is 5.75 Å². The maximum Gasteiger partial charge on any atom is 0.338 e. The number of esters is 2. The first-order valence-electron chi connectivity index (χ1n) is 12.2. The second-order valence-corrected chi connectivity index (χ2v) is 8.26. The van der Waals surface area contributed by atoms with Crippen molar-refractivity contribution in [3.63, 3.8) is 0 Å². The normalized spacial score (nSPS) is 11.3. The van der Waals surface area contributed by atoms with Crippen molar-refractivity contribution in [2.75, 3.05) is 26.9 Å². The van der Waals surface area contributed by atoms with E-state index in [0.717, 1.165) is 10.6 Å². The Morgan fingerprint density at radius 2 is 1.58 bits per heavy atom. The van der Waals surface area contributed by atoms with Crippen LogP contribution >= 0.6 is 0 Å². The molecule has 0 aliphatic heterocycles. The minimum Gasteiger partial charge on any atom is -0.490 e. The second-order valence-electron chi connectivity index (χ2n) is 8.26. The van der Waals surface area contributed by atoms with E-state index in [1.807, 2.05) is 36.4 Å². The number of hydrogen-bond donors (Lipinski definition) is 1. The molecule has 0 aliphatic carbocycles. The molecule has 9 nitrogen and oxygen atoms in total. The molecule has 0 spiro atoms. The van der Waals surface area contributed by atoms with Gasteiger partial charge in [0.25, 0.3) is 5.91 Å². The summed E-state index contributed by atoms with van der Waals surface area (Å²) in [6.45, 7) is 2.43. The van der Waals surface area contributed by atoms with Crippen LogP contribution in [0.4, 0.5) is 0 Å². The van der Waals surface area contributed by atoms with Crippen molar-refractivity contribution in [3.05, 3.63) is 101 Å². The highest BCUT2D eigenvalue weighted by Crippen LogP contribution is 2.28. The van der Waals surface area contributed by atoms with Crippen LogP contribution in [0.2, 0.25) is 0 Å². The first-order valence-corrected chi connectivity index (χ1v) is 12.2. The Bertz CT molecular complexity index is 1200. The predicted molar refractivity (Wildman–Crippen MR) is 140 cm³/mol. The van der Waals surface area contributed by atoms with E-state index >= 15 is 0 Å². The maximum absolute atomic E-state index is 13.7. The Kier molecular flexibility index (Phi) is 10.8. The third-order valence-electron chi connectivity index (χ3n) is 5.62. The highest BCUT2D eigenvalue weighted by molar-refractivity contribution is 6.00. The molecule has 200 valence electrons. The zero-order valence-electron chi connectivity index (χ0n) is 21.5. The number of hydrogen-bond acceptors (Lipinski definition) is 8. The first-order chi connectivity index (χ1) is 18.4. The second kappa shape index (κ2) is 14.5. The van der Waals surface area contributed by atoms with E-state index in [2.05, 4.69) is 0 Å². The average Bonchev–Trinajstić information content (AvgIpc) is 2.95. The molecule has 3 rings (SSSR count). The Labute approximate surface area is 222 Å². The van der Waals surface area contributed by atoms with E-state index in [1.165, 1.54) is 25.3 Å². The van der Waals surface area contributed by atoms with Gasteiger partial charge in [-0.25, -0.2) is 10.6 Å². The number of rotatable bonds is 13. The molecule has 9 heteroatoms. The molecule has 1 amide bonds. The predicted octanol–water partition coefficient (Wildman–Crippen LogP) is 4.08. The van der Waals surface area contributed by atoms with Crippen LogP contribution in [0.1, 0.15) is 51.2 Å². The molecule has 3 aromatic rings.